The molecular formula is C24H28ClFN6O2S. The first-order valence-electron chi connectivity index (χ1n) is 11.2. The second-order valence-electron chi connectivity index (χ2n) is 8.09. The molecule has 4 rings (SSSR count). The summed E-state index contributed by atoms with van der Waals surface area (Å²) in [7, 11) is 2.38. The van der Waals surface area contributed by atoms with E-state index in [9.17, 15) is 8.60 Å². The minimum absolute atomic E-state index is 0.269. The Balaban J connectivity index is 1.56. The van der Waals surface area contributed by atoms with Gasteiger partial charge in [-0.3, -0.25) is 4.21 Å². The molecular weight excluding hydrogens is 491 g/mol. The summed E-state index contributed by atoms with van der Waals surface area (Å²) < 4.78 is 31.8. The fourth-order valence-corrected chi connectivity index (χ4v) is 4.81. The molecule has 1 aliphatic heterocycles. The summed E-state index contributed by atoms with van der Waals surface area (Å²) in [6, 6.07) is 10.0. The molecule has 2 N–H and O–H groups in total. The molecule has 0 spiro atoms. The zero-order chi connectivity index (χ0) is 24.9. The van der Waals surface area contributed by atoms with Gasteiger partial charge in [0.15, 0.2) is 5.82 Å². The Morgan fingerprint density at radius 2 is 1.86 bits per heavy atom. The molecule has 186 valence electrons. The van der Waals surface area contributed by atoms with Crippen molar-refractivity contribution in [1.29, 1.82) is 0 Å². The van der Waals surface area contributed by atoms with Gasteiger partial charge in [-0.1, -0.05) is 18.5 Å². The molecule has 0 aliphatic carbocycles. The maximum absolute atomic E-state index is 13.8. The Morgan fingerprint density at radius 3 is 2.57 bits per heavy atom. The number of likely N-dealkylation sites (N-methyl/N-ethyl adjacent to an activating group) is 1. The lowest BCUT2D eigenvalue weighted by Gasteiger charge is -2.34. The van der Waals surface area contributed by atoms with E-state index in [1.54, 1.807) is 14.0 Å². The highest BCUT2D eigenvalue weighted by atomic mass is 35.5. The van der Waals surface area contributed by atoms with E-state index < -0.39 is 16.6 Å². The first-order chi connectivity index (χ1) is 16.9. The van der Waals surface area contributed by atoms with Crippen LogP contribution in [0.25, 0.3) is 0 Å². The average Bonchev–Trinajstić information content (AvgIpc) is 2.87. The Labute approximate surface area is 211 Å². The van der Waals surface area contributed by atoms with E-state index in [0.717, 1.165) is 31.9 Å². The molecule has 2 aromatic carbocycles. The van der Waals surface area contributed by atoms with Gasteiger partial charge < -0.3 is 25.2 Å². The van der Waals surface area contributed by atoms with Gasteiger partial charge >= 0.3 is 0 Å². The molecule has 1 aliphatic rings. The van der Waals surface area contributed by atoms with Crippen molar-refractivity contribution in [1.82, 2.24) is 14.9 Å². The molecule has 0 saturated carbocycles. The molecule has 0 amide bonds. The number of rotatable bonds is 8. The lowest BCUT2D eigenvalue weighted by molar-refractivity contribution is 0.312. The monoisotopic (exact) mass is 518 g/mol. The average molecular weight is 519 g/mol. The number of aromatic nitrogens is 2. The highest BCUT2D eigenvalue weighted by Crippen LogP contribution is 2.33. The van der Waals surface area contributed by atoms with E-state index in [-0.39, 0.29) is 5.02 Å². The number of hydrogen-bond donors (Lipinski definition) is 2. The Morgan fingerprint density at radius 1 is 1.11 bits per heavy atom. The van der Waals surface area contributed by atoms with Crippen molar-refractivity contribution in [2.24, 2.45) is 0 Å². The van der Waals surface area contributed by atoms with Crippen LogP contribution in [-0.2, 0) is 10.8 Å². The van der Waals surface area contributed by atoms with Crippen LogP contribution in [0.3, 0.4) is 0 Å². The molecule has 1 saturated heterocycles. The third-order valence-corrected chi connectivity index (χ3v) is 7.38. The third-order valence-electron chi connectivity index (χ3n) is 5.75. The zero-order valence-corrected chi connectivity index (χ0v) is 21.4. The highest BCUT2D eigenvalue weighted by molar-refractivity contribution is 7.85. The molecule has 3 aromatic rings. The van der Waals surface area contributed by atoms with Gasteiger partial charge in [-0.15, -0.1) is 0 Å². The molecule has 11 heteroatoms. The van der Waals surface area contributed by atoms with Crippen LogP contribution in [0.4, 0.5) is 33.2 Å². The summed E-state index contributed by atoms with van der Waals surface area (Å²) in [5, 5.41) is 6.52. The standard InChI is InChI=1S/C24H28ClFN6O2S/c1-4-35(33)22-13-16(26)5-7-20(22)28-23-18(25)15-27-24(30-23)29-19-8-6-17(14-21(19)34-3)32-11-9-31(2)10-12-32/h5-8,13-15H,4,9-12H2,1-3H3,(H2,27,28,29,30). The number of piperazine rings is 1. The second kappa shape index (κ2) is 11.2. The van der Waals surface area contributed by atoms with Gasteiger partial charge in [0.1, 0.15) is 16.6 Å². The van der Waals surface area contributed by atoms with Gasteiger partial charge in [-0.25, -0.2) is 9.37 Å². The lowest BCUT2D eigenvalue weighted by Crippen LogP contribution is -2.44. The molecule has 1 fully saturated rings. The zero-order valence-electron chi connectivity index (χ0n) is 19.8. The summed E-state index contributed by atoms with van der Waals surface area (Å²) in [5.74, 6) is 1.15. The number of nitrogens with zero attached hydrogens (tertiary/aromatic N) is 4. The van der Waals surface area contributed by atoms with Gasteiger partial charge in [-0.2, -0.15) is 4.98 Å². The molecule has 1 aromatic heterocycles. The van der Waals surface area contributed by atoms with Gasteiger partial charge in [0.25, 0.3) is 0 Å². The van der Waals surface area contributed by atoms with Crippen LogP contribution in [0, 0.1) is 5.82 Å². The molecule has 2 heterocycles. The van der Waals surface area contributed by atoms with E-state index in [1.807, 2.05) is 18.2 Å². The van der Waals surface area contributed by atoms with Crippen LogP contribution in [0.5, 0.6) is 5.75 Å². The summed E-state index contributed by atoms with van der Waals surface area (Å²) in [6.07, 6.45) is 1.46. The predicted octanol–water partition coefficient (Wildman–Crippen LogP) is 4.64. The maximum Gasteiger partial charge on any atom is 0.229 e. The smallest absolute Gasteiger partial charge is 0.229 e. The molecule has 0 bridgehead atoms. The normalized spacial score (nSPS) is 15.1. The topological polar surface area (TPSA) is 82.6 Å². The summed E-state index contributed by atoms with van der Waals surface area (Å²) in [4.78, 5) is 13.7. The van der Waals surface area contributed by atoms with Crippen LogP contribution in [0.2, 0.25) is 5.02 Å². The fraction of sp³-hybridized carbons (Fsp3) is 0.333. The van der Waals surface area contributed by atoms with E-state index >= 15 is 0 Å². The largest absolute Gasteiger partial charge is 0.494 e. The fourth-order valence-electron chi connectivity index (χ4n) is 3.75. The van der Waals surface area contributed by atoms with Crippen LogP contribution < -0.4 is 20.3 Å². The van der Waals surface area contributed by atoms with Gasteiger partial charge in [0.05, 0.1) is 40.4 Å². The Bertz CT molecular complexity index is 1220. The van der Waals surface area contributed by atoms with Gasteiger partial charge in [0.2, 0.25) is 5.95 Å². The van der Waals surface area contributed by atoms with Crippen molar-refractivity contribution < 1.29 is 13.3 Å². The number of methoxy groups -OCH3 is 1. The minimum atomic E-state index is -1.37. The quantitative estimate of drug-likeness (QED) is 0.446. The minimum Gasteiger partial charge on any atom is -0.494 e. The van der Waals surface area contributed by atoms with E-state index in [4.69, 9.17) is 16.3 Å². The van der Waals surface area contributed by atoms with Gasteiger partial charge in [-0.05, 0) is 37.4 Å². The van der Waals surface area contributed by atoms with Crippen LogP contribution in [-0.4, -0.2) is 65.2 Å². The number of ether oxygens (including phenoxy) is 1. The molecule has 1 unspecified atom stereocenters. The van der Waals surface area contributed by atoms with E-state index in [1.165, 1.54) is 24.4 Å². The number of benzene rings is 2. The van der Waals surface area contributed by atoms with Crippen molar-refractivity contribution in [2.45, 2.75) is 11.8 Å². The molecule has 35 heavy (non-hydrogen) atoms. The number of nitrogens with one attached hydrogen (secondary N) is 2. The SMILES string of the molecule is CCS(=O)c1cc(F)ccc1Nc1nc(Nc2ccc(N3CCN(C)CC3)cc2OC)ncc1Cl. The second-order valence-corrected chi connectivity index (χ2v) is 10.2. The van der Waals surface area contributed by atoms with Crippen LogP contribution in [0.15, 0.2) is 47.5 Å². The number of anilines is 5. The van der Waals surface area contributed by atoms with Crippen molar-refractivity contribution in [3.8, 4) is 5.75 Å². The van der Waals surface area contributed by atoms with Crippen LogP contribution >= 0.6 is 11.6 Å². The van der Waals surface area contributed by atoms with Crippen molar-refractivity contribution in [2.75, 3.05) is 61.6 Å². The van der Waals surface area contributed by atoms with Crippen molar-refractivity contribution in [3.63, 3.8) is 0 Å². The predicted molar refractivity (Wildman–Crippen MR) is 140 cm³/mol. The lowest BCUT2D eigenvalue weighted by atomic mass is 10.2. The van der Waals surface area contributed by atoms with Crippen molar-refractivity contribution >= 4 is 51.2 Å². The third kappa shape index (κ3) is 6.01. The molecule has 0 radical (unpaired) electrons. The number of hydrogen-bond acceptors (Lipinski definition) is 8. The maximum atomic E-state index is 13.8. The number of halogens is 2. The molecule has 8 nitrogen and oxygen atoms in total. The molecule has 1 atom stereocenters. The van der Waals surface area contributed by atoms with Gasteiger partial charge in [0, 0.05) is 43.7 Å². The Hall–Kier alpha value is -2.95. The first kappa shape index (κ1) is 25.2. The summed E-state index contributed by atoms with van der Waals surface area (Å²) in [5.41, 5.74) is 2.26. The summed E-state index contributed by atoms with van der Waals surface area (Å²) in [6.45, 7) is 5.70. The highest BCUT2D eigenvalue weighted by Gasteiger charge is 2.17. The van der Waals surface area contributed by atoms with E-state index in [2.05, 4.69) is 37.4 Å². The summed E-state index contributed by atoms with van der Waals surface area (Å²) >= 11 is 6.32. The van der Waals surface area contributed by atoms with Crippen LogP contribution in [0.1, 0.15) is 6.92 Å². The first-order valence-corrected chi connectivity index (χ1v) is 12.9. The van der Waals surface area contributed by atoms with Crippen molar-refractivity contribution in [3.05, 3.63) is 53.4 Å². The van der Waals surface area contributed by atoms with E-state index in [0.29, 0.717) is 39.5 Å². The Kier molecular flexibility index (Phi) is 8.04.